The zero-order valence-electron chi connectivity index (χ0n) is 27.8. The van der Waals surface area contributed by atoms with Crippen LogP contribution in [0.4, 0.5) is 19.7 Å². The van der Waals surface area contributed by atoms with E-state index >= 15 is 0 Å². The number of pyridine rings is 1. The molecule has 4 aromatic rings. The lowest BCUT2D eigenvalue weighted by molar-refractivity contribution is 0.0462. The van der Waals surface area contributed by atoms with Crippen LogP contribution in [-0.4, -0.2) is 70.5 Å². The molecule has 0 spiro atoms. The van der Waals surface area contributed by atoms with Gasteiger partial charge < -0.3 is 24.6 Å². The highest BCUT2D eigenvalue weighted by molar-refractivity contribution is 9.10. The SMILES string of the molecule is Cc1cc(CC(OC(=O)N2CCC(N3Cc4cccc(F)c4NC3=O)CC2)c2cccc(Br)n2)cc2cn(COCC[Si](C)(C)C)nc12. The number of nitrogens with zero attached hydrogens (tertiary/aromatic N) is 5. The number of urea groups is 1. The van der Waals surface area contributed by atoms with E-state index in [9.17, 15) is 14.0 Å². The van der Waals surface area contributed by atoms with Crippen LogP contribution in [0.2, 0.25) is 25.7 Å². The molecule has 1 unspecified atom stereocenters. The highest BCUT2D eigenvalue weighted by Gasteiger charge is 2.34. The van der Waals surface area contributed by atoms with Crippen molar-refractivity contribution >= 4 is 52.7 Å². The Hall–Kier alpha value is -3.81. The number of para-hydroxylation sites is 1. The van der Waals surface area contributed by atoms with Crippen LogP contribution in [0.1, 0.15) is 41.3 Å². The van der Waals surface area contributed by atoms with Crippen LogP contribution in [0.5, 0.6) is 0 Å². The molecule has 6 rings (SSSR count). The quantitative estimate of drug-likeness (QED) is 0.101. The predicted octanol–water partition coefficient (Wildman–Crippen LogP) is 7.89. The third kappa shape index (κ3) is 8.07. The van der Waals surface area contributed by atoms with Crippen LogP contribution in [0.25, 0.3) is 10.9 Å². The molecule has 2 aliphatic heterocycles. The zero-order chi connectivity index (χ0) is 34.0. The molecule has 3 amide bonds. The summed E-state index contributed by atoms with van der Waals surface area (Å²) in [6, 6.07) is 15.3. The van der Waals surface area contributed by atoms with Crippen molar-refractivity contribution in [3.63, 3.8) is 0 Å². The highest BCUT2D eigenvalue weighted by atomic mass is 79.9. The molecule has 1 saturated heterocycles. The van der Waals surface area contributed by atoms with Crippen LogP contribution in [-0.2, 0) is 29.2 Å². The van der Waals surface area contributed by atoms with Gasteiger partial charge in [-0.15, -0.1) is 0 Å². The number of benzene rings is 2. The average molecular weight is 738 g/mol. The normalized spacial score (nSPS) is 16.2. The van der Waals surface area contributed by atoms with Crippen molar-refractivity contribution in [2.24, 2.45) is 0 Å². The van der Waals surface area contributed by atoms with Gasteiger partial charge in [0, 0.05) is 58.4 Å². The number of aromatic nitrogens is 3. The maximum Gasteiger partial charge on any atom is 0.410 e. The minimum absolute atomic E-state index is 0.0747. The number of halogens is 2. The highest BCUT2D eigenvalue weighted by Crippen LogP contribution is 2.31. The van der Waals surface area contributed by atoms with E-state index in [1.165, 1.54) is 6.07 Å². The summed E-state index contributed by atoms with van der Waals surface area (Å²) in [5.41, 5.74) is 4.59. The predicted molar refractivity (Wildman–Crippen MR) is 189 cm³/mol. The van der Waals surface area contributed by atoms with Crippen LogP contribution >= 0.6 is 15.9 Å². The first-order chi connectivity index (χ1) is 22.9. The van der Waals surface area contributed by atoms with Crippen molar-refractivity contribution < 1.29 is 23.5 Å². The minimum atomic E-state index is -1.17. The monoisotopic (exact) mass is 736 g/mol. The topological polar surface area (TPSA) is 102 Å². The number of rotatable bonds is 10. The number of amides is 3. The van der Waals surface area contributed by atoms with Crippen molar-refractivity contribution in [3.8, 4) is 0 Å². The van der Waals surface area contributed by atoms with E-state index in [1.807, 2.05) is 42.1 Å². The van der Waals surface area contributed by atoms with Gasteiger partial charge >= 0.3 is 12.1 Å². The number of likely N-dealkylation sites (tertiary alicyclic amines) is 1. The van der Waals surface area contributed by atoms with Crippen molar-refractivity contribution in [1.82, 2.24) is 24.6 Å². The molecule has 254 valence electrons. The summed E-state index contributed by atoms with van der Waals surface area (Å²) >= 11 is 3.46. The number of carbonyl (C=O) groups excluding carboxylic acids is 2. The van der Waals surface area contributed by atoms with Gasteiger partial charge in [-0.2, -0.15) is 5.10 Å². The first-order valence-electron chi connectivity index (χ1n) is 16.4. The Kier molecular flexibility index (Phi) is 10.2. The molecular weight excluding hydrogens is 695 g/mol. The summed E-state index contributed by atoms with van der Waals surface area (Å²) in [5.74, 6) is -0.435. The van der Waals surface area contributed by atoms with Crippen molar-refractivity contribution in [2.75, 3.05) is 25.0 Å². The summed E-state index contributed by atoms with van der Waals surface area (Å²) < 4.78 is 28.8. The smallest absolute Gasteiger partial charge is 0.410 e. The van der Waals surface area contributed by atoms with Crippen molar-refractivity contribution in [2.45, 2.75) is 77.3 Å². The number of hydrogen-bond acceptors (Lipinski definition) is 6. The van der Waals surface area contributed by atoms with E-state index in [2.05, 4.69) is 58.0 Å². The zero-order valence-corrected chi connectivity index (χ0v) is 30.4. The fraction of sp³-hybridized carbons (Fsp3) is 0.429. The molecule has 10 nitrogen and oxygen atoms in total. The molecule has 1 atom stereocenters. The number of fused-ring (bicyclic) bond motifs is 2. The summed E-state index contributed by atoms with van der Waals surface area (Å²) in [6.07, 6.45) is 2.58. The fourth-order valence-electron chi connectivity index (χ4n) is 6.31. The first kappa shape index (κ1) is 34.1. The summed E-state index contributed by atoms with van der Waals surface area (Å²) in [4.78, 5) is 34.5. The third-order valence-electron chi connectivity index (χ3n) is 8.95. The van der Waals surface area contributed by atoms with Gasteiger partial charge in [0.2, 0.25) is 0 Å². The van der Waals surface area contributed by atoms with Gasteiger partial charge in [-0.05, 0) is 82.7 Å². The molecule has 4 heterocycles. The third-order valence-corrected chi connectivity index (χ3v) is 11.1. The molecular formula is C35H42BrFN6O4Si. The second-order valence-electron chi connectivity index (χ2n) is 13.9. The maximum atomic E-state index is 14.2. The Morgan fingerprint density at radius 3 is 2.67 bits per heavy atom. The molecule has 48 heavy (non-hydrogen) atoms. The molecule has 2 aliphatic rings. The van der Waals surface area contributed by atoms with Gasteiger partial charge in [0.1, 0.15) is 23.3 Å². The van der Waals surface area contributed by atoms with Gasteiger partial charge in [-0.3, -0.25) is 0 Å². The molecule has 0 bridgehead atoms. The number of piperidine rings is 1. The van der Waals surface area contributed by atoms with Crippen LogP contribution in [0.15, 0.2) is 59.3 Å². The Labute approximate surface area is 289 Å². The van der Waals surface area contributed by atoms with E-state index in [0.29, 0.717) is 55.9 Å². The summed E-state index contributed by atoms with van der Waals surface area (Å²) in [5, 5.41) is 8.45. The first-order valence-corrected chi connectivity index (χ1v) is 20.9. The average Bonchev–Trinajstić information content (AvgIpc) is 3.46. The standard InChI is InChI=1S/C35H42BrFN6O4Si/c1-23-17-24(18-26-20-42(40-32(23)26)22-46-15-16-48(2,3)4)19-30(29-9-6-10-31(36)38-29)47-35(45)41-13-11-27(12-14-41)43-21-25-7-5-8-28(37)33(25)39-34(43)44/h5-10,17-18,20,27,30H,11-16,19,21-22H2,1-4H3,(H,39,44). The lowest BCUT2D eigenvalue weighted by atomic mass is 10.0. The fourth-order valence-corrected chi connectivity index (χ4v) is 7.42. The number of carbonyl (C=O) groups is 2. The Morgan fingerprint density at radius 1 is 1.15 bits per heavy atom. The van der Waals surface area contributed by atoms with Gasteiger partial charge in [0.15, 0.2) is 0 Å². The summed E-state index contributed by atoms with van der Waals surface area (Å²) in [6.45, 7) is 11.4. The Balaban J connectivity index is 1.12. The van der Waals surface area contributed by atoms with E-state index < -0.39 is 26.1 Å². The van der Waals surface area contributed by atoms with E-state index in [-0.39, 0.29) is 17.8 Å². The minimum Gasteiger partial charge on any atom is -0.439 e. The number of nitrogens with one attached hydrogen (secondary N) is 1. The molecule has 0 radical (unpaired) electrons. The summed E-state index contributed by atoms with van der Waals surface area (Å²) in [7, 11) is -1.17. The van der Waals surface area contributed by atoms with E-state index in [1.54, 1.807) is 15.9 Å². The number of hydrogen-bond donors (Lipinski definition) is 1. The van der Waals surface area contributed by atoms with Crippen LogP contribution in [0, 0.1) is 12.7 Å². The molecule has 0 saturated carbocycles. The molecule has 13 heteroatoms. The van der Waals surface area contributed by atoms with Gasteiger partial charge in [0.05, 0.1) is 16.9 Å². The number of anilines is 1. The largest absolute Gasteiger partial charge is 0.439 e. The molecule has 2 aromatic carbocycles. The molecule has 2 aromatic heterocycles. The molecule has 0 aliphatic carbocycles. The van der Waals surface area contributed by atoms with Crippen molar-refractivity contribution in [3.05, 3.63) is 87.5 Å². The lowest BCUT2D eigenvalue weighted by Crippen LogP contribution is -2.51. The second kappa shape index (κ2) is 14.3. The Morgan fingerprint density at radius 2 is 1.92 bits per heavy atom. The van der Waals surface area contributed by atoms with E-state index in [0.717, 1.165) is 40.2 Å². The van der Waals surface area contributed by atoms with Gasteiger partial charge in [-0.25, -0.2) is 23.6 Å². The van der Waals surface area contributed by atoms with E-state index in [4.69, 9.17) is 14.6 Å². The Bertz CT molecular complexity index is 1810. The maximum absolute atomic E-state index is 14.2. The second-order valence-corrected chi connectivity index (χ2v) is 20.3. The molecule has 1 N–H and O–H groups in total. The van der Waals surface area contributed by atoms with Crippen LogP contribution in [0.3, 0.4) is 0 Å². The molecule has 1 fully saturated rings. The van der Waals surface area contributed by atoms with Gasteiger partial charge in [0.25, 0.3) is 0 Å². The number of ether oxygens (including phenoxy) is 2. The van der Waals surface area contributed by atoms with Gasteiger partial charge in [-0.1, -0.05) is 43.9 Å². The van der Waals surface area contributed by atoms with Crippen molar-refractivity contribution in [1.29, 1.82) is 0 Å². The number of aryl methyl sites for hydroxylation is 1. The van der Waals surface area contributed by atoms with Crippen LogP contribution < -0.4 is 5.32 Å². The lowest BCUT2D eigenvalue weighted by Gasteiger charge is -2.40.